The molecule has 0 saturated heterocycles. The van der Waals surface area contributed by atoms with E-state index >= 15 is 0 Å². The maximum Gasteiger partial charge on any atom is 0.191 e. The zero-order valence-electron chi connectivity index (χ0n) is 15.3. The lowest BCUT2D eigenvalue weighted by atomic mass is 10.1. The first-order valence-electron chi connectivity index (χ1n) is 8.38. The number of hydrogen-bond donors (Lipinski definition) is 3. The molecular formula is C18H26FIN4OS. The van der Waals surface area contributed by atoms with Crippen LogP contribution in [0, 0.1) is 5.82 Å². The van der Waals surface area contributed by atoms with Gasteiger partial charge in [-0.2, -0.15) is 0 Å². The Bertz CT molecular complexity index is 721. The lowest BCUT2D eigenvalue weighted by molar-refractivity contribution is 0.275. The highest BCUT2D eigenvalue weighted by atomic mass is 127. The van der Waals surface area contributed by atoms with Crippen LogP contribution in [-0.4, -0.2) is 22.6 Å². The molecule has 0 fully saturated rings. The largest absolute Gasteiger partial charge is 0.392 e. The zero-order valence-corrected chi connectivity index (χ0v) is 18.4. The van der Waals surface area contributed by atoms with Crippen molar-refractivity contribution in [2.24, 2.45) is 4.99 Å². The third-order valence-corrected chi connectivity index (χ3v) is 4.48. The first-order valence-corrected chi connectivity index (χ1v) is 9.26. The molecule has 26 heavy (non-hydrogen) atoms. The van der Waals surface area contributed by atoms with Crippen molar-refractivity contribution < 1.29 is 9.50 Å². The maximum atomic E-state index is 13.4. The molecule has 0 aliphatic heterocycles. The Morgan fingerprint density at radius 1 is 1.35 bits per heavy atom. The number of nitrogens with one attached hydrogen (secondary N) is 2. The van der Waals surface area contributed by atoms with Gasteiger partial charge in [0.05, 0.1) is 25.4 Å². The fourth-order valence-electron chi connectivity index (χ4n) is 2.19. The van der Waals surface area contributed by atoms with Crippen molar-refractivity contribution in [2.75, 3.05) is 6.54 Å². The average Bonchev–Trinajstić information content (AvgIpc) is 3.08. The number of aliphatic hydroxyl groups is 1. The second-order valence-electron chi connectivity index (χ2n) is 5.95. The van der Waals surface area contributed by atoms with Gasteiger partial charge in [-0.3, -0.25) is 0 Å². The van der Waals surface area contributed by atoms with E-state index in [2.05, 4.69) is 39.8 Å². The van der Waals surface area contributed by atoms with Crippen molar-refractivity contribution in [3.8, 4) is 0 Å². The quantitative estimate of drug-likeness (QED) is 0.313. The van der Waals surface area contributed by atoms with Crippen LogP contribution in [0.2, 0.25) is 0 Å². The summed E-state index contributed by atoms with van der Waals surface area (Å²) in [6.07, 6.45) is 0. The summed E-state index contributed by atoms with van der Waals surface area (Å²) in [5, 5.41) is 18.7. The van der Waals surface area contributed by atoms with E-state index in [4.69, 9.17) is 5.11 Å². The van der Waals surface area contributed by atoms with Gasteiger partial charge in [-0.15, -0.1) is 35.3 Å². The molecule has 0 unspecified atom stereocenters. The minimum Gasteiger partial charge on any atom is -0.392 e. The molecule has 1 aromatic heterocycles. The van der Waals surface area contributed by atoms with Gasteiger partial charge in [0.15, 0.2) is 5.96 Å². The topological polar surface area (TPSA) is 69.5 Å². The third kappa shape index (κ3) is 6.81. The van der Waals surface area contributed by atoms with Crippen LogP contribution >= 0.6 is 35.3 Å². The summed E-state index contributed by atoms with van der Waals surface area (Å²) in [5.74, 6) is 0.703. The summed E-state index contributed by atoms with van der Waals surface area (Å²) in [6, 6.07) is 4.68. The van der Waals surface area contributed by atoms with E-state index in [9.17, 15) is 4.39 Å². The van der Waals surface area contributed by atoms with Crippen LogP contribution in [0.15, 0.2) is 28.6 Å². The van der Waals surface area contributed by atoms with Crippen molar-refractivity contribution in [3.63, 3.8) is 0 Å². The van der Waals surface area contributed by atoms with E-state index < -0.39 is 5.82 Å². The van der Waals surface area contributed by atoms with Crippen molar-refractivity contribution in [1.29, 1.82) is 0 Å². The number of aromatic nitrogens is 1. The predicted octanol–water partition coefficient (Wildman–Crippen LogP) is 3.77. The number of aliphatic imine (C=N–C) groups is 1. The minimum absolute atomic E-state index is 0. The molecule has 1 heterocycles. The number of aliphatic hydroxyl groups excluding tert-OH is 1. The average molecular weight is 492 g/mol. The second kappa shape index (κ2) is 11.5. The summed E-state index contributed by atoms with van der Waals surface area (Å²) in [7, 11) is 0. The van der Waals surface area contributed by atoms with Gasteiger partial charge < -0.3 is 15.7 Å². The van der Waals surface area contributed by atoms with Gasteiger partial charge in [0.25, 0.3) is 0 Å². The van der Waals surface area contributed by atoms with E-state index in [1.165, 1.54) is 6.07 Å². The zero-order chi connectivity index (χ0) is 18.2. The normalized spacial score (nSPS) is 11.4. The molecule has 0 bridgehead atoms. The Kier molecular flexibility index (Phi) is 10.0. The van der Waals surface area contributed by atoms with E-state index in [1.54, 1.807) is 23.5 Å². The van der Waals surface area contributed by atoms with Crippen molar-refractivity contribution in [2.45, 2.75) is 46.4 Å². The summed E-state index contributed by atoms with van der Waals surface area (Å²) in [6.45, 7) is 7.68. The van der Waals surface area contributed by atoms with Crippen molar-refractivity contribution >= 4 is 41.3 Å². The Morgan fingerprint density at radius 2 is 2.12 bits per heavy atom. The molecule has 0 amide bonds. The van der Waals surface area contributed by atoms with Crippen LogP contribution in [0.4, 0.5) is 4.39 Å². The lowest BCUT2D eigenvalue weighted by Gasteiger charge is -2.10. The monoisotopic (exact) mass is 492 g/mol. The molecule has 0 spiro atoms. The van der Waals surface area contributed by atoms with E-state index in [0.717, 1.165) is 22.8 Å². The van der Waals surface area contributed by atoms with Crippen LogP contribution in [-0.2, 0) is 19.7 Å². The molecule has 8 heteroatoms. The molecule has 2 aromatic rings. The highest BCUT2D eigenvalue weighted by Crippen LogP contribution is 2.17. The van der Waals surface area contributed by atoms with Gasteiger partial charge in [0.2, 0.25) is 0 Å². The maximum absolute atomic E-state index is 13.4. The first kappa shape index (κ1) is 22.8. The lowest BCUT2D eigenvalue weighted by Crippen LogP contribution is -2.36. The van der Waals surface area contributed by atoms with Gasteiger partial charge in [-0.1, -0.05) is 19.9 Å². The van der Waals surface area contributed by atoms with Crippen LogP contribution in [0.25, 0.3) is 0 Å². The fraction of sp³-hybridized carbons (Fsp3) is 0.444. The van der Waals surface area contributed by atoms with E-state index in [1.807, 2.05) is 6.92 Å². The fourth-order valence-corrected chi connectivity index (χ4v) is 3.09. The summed E-state index contributed by atoms with van der Waals surface area (Å²) < 4.78 is 13.4. The number of rotatable bonds is 7. The van der Waals surface area contributed by atoms with E-state index in [-0.39, 0.29) is 36.1 Å². The van der Waals surface area contributed by atoms with Crippen LogP contribution in [0.5, 0.6) is 0 Å². The Hall–Kier alpha value is -1.26. The van der Waals surface area contributed by atoms with Crippen LogP contribution in [0.1, 0.15) is 48.5 Å². The van der Waals surface area contributed by atoms with E-state index in [0.29, 0.717) is 25.0 Å². The predicted molar refractivity (Wildman–Crippen MR) is 116 cm³/mol. The number of guanidine groups is 1. The Balaban J connectivity index is 0.00000338. The molecule has 2 rings (SSSR count). The number of thiazole rings is 1. The molecule has 0 aliphatic carbocycles. The van der Waals surface area contributed by atoms with Crippen LogP contribution < -0.4 is 10.6 Å². The molecule has 0 atom stereocenters. The van der Waals surface area contributed by atoms with Gasteiger partial charge >= 0.3 is 0 Å². The molecular weight excluding hydrogens is 466 g/mol. The molecule has 0 aliphatic rings. The Labute approximate surface area is 175 Å². The molecule has 1 aromatic carbocycles. The molecule has 0 radical (unpaired) electrons. The SMILES string of the molecule is CCNC(=NCc1ccc(F)c(CO)c1)NCc1nc(C(C)C)cs1.I. The summed E-state index contributed by atoms with van der Waals surface area (Å²) in [5.41, 5.74) is 2.24. The number of halogens is 2. The highest BCUT2D eigenvalue weighted by molar-refractivity contribution is 14.0. The number of benzene rings is 1. The molecule has 0 saturated carbocycles. The summed E-state index contributed by atoms with van der Waals surface area (Å²) >= 11 is 1.63. The van der Waals surface area contributed by atoms with Crippen molar-refractivity contribution in [3.05, 3.63) is 51.2 Å². The molecule has 144 valence electrons. The first-order chi connectivity index (χ1) is 12.0. The van der Waals surface area contributed by atoms with Crippen molar-refractivity contribution in [1.82, 2.24) is 15.6 Å². The highest BCUT2D eigenvalue weighted by Gasteiger charge is 2.07. The standard InChI is InChI=1S/C18H25FN4OS.HI/c1-4-20-18(22-9-17-23-16(11-25-17)12(2)3)21-8-13-5-6-15(19)14(7-13)10-24;/h5-7,11-12,24H,4,8-10H2,1-3H3,(H2,20,21,22);1H. The molecule has 5 nitrogen and oxygen atoms in total. The van der Waals surface area contributed by atoms with Gasteiger partial charge in [-0.05, 0) is 30.5 Å². The molecule has 3 N–H and O–H groups in total. The Morgan fingerprint density at radius 3 is 2.73 bits per heavy atom. The summed E-state index contributed by atoms with van der Waals surface area (Å²) in [4.78, 5) is 9.11. The van der Waals surface area contributed by atoms with Gasteiger partial charge in [0.1, 0.15) is 10.8 Å². The second-order valence-corrected chi connectivity index (χ2v) is 6.90. The smallest absolute Gasteiger partial charge is 0.191 e. The third-order valence-electron chi connectivity index (χ3n) is 3.61. The van der Waals surface area contributed by atoms with Gasteiger partial charge in [-0.25, -0.2) is 14.4 Å². The van der Waals surface area contributed by atoms with Gasteiger partial charge in [0, 0.05) is 17.5 Å². The van der Waals surface area contributed by atoms with Crippen LogP contribution in [0.3, 0.4) is 0 Å². The number of hydrogen-bond acceptors (Lipinski definition) is 4. The number of nitrogens with zero attached hydrogens (tertiary/aromatic N) is 2. The minimum atomic E-state index is -0.398.